The average molecular weight is 298 g/mol. The fourth-order valence-corrected chi connectivity index (χ4v) is 3.40. The van der Waals surface area contributed by atoms with Crippen LogP contribution in [0.4, 0.5) is 0 Å². The molecular formula is C14H16ClNO2S. The summed E-state index contributed by atoms with van der Waals surface area (Å²) >= 11 is 6.17. The summed E-state index contributed by atoms with van der Waals surface area (Å²) in [6, 6.07) is 11.2. The van der Waals surface area contributed by atoms with Crippen molar-refractivity contribution in [1.82, 2.24) is 5.32 Å². The normalized spacial score (nSPS) is 13.6. The van der Waals surface area contributed by atoms with Gasteiger partial charge in [0.25, 0.3) is 0 Å². The SMILES string of the molecule is CNC(CS(C)(=O)=O)c1ccc(Cl)c2ccccc12. The standard InChI is InChI=1S/C14H16ClNO2S/c1-16-14(9-19(2,17)18)12-7-8-13(15)11-6-4-3-5-10(11)12/h3-8,14,16H,9H2,1-2H3. The van der Waals surface area contributed by atoms with Crippen molar-refractivity contribution in [2.24, 2.45) is 0 Å². The van der Waals surface area contributed by atoms with Crippen LogP contribution in [0, 0.1) is 0 Å². The van der Waals surface area contributed by atoms with Gasteiger partial charge in [-0.1, -0.05) is 41.9 Å². The minimum absolute atomic E-state index is 0.0646. The lowest BCUT2D eigenvalue weighted by Crippen LogP contribution is -2.24. The Morgan fingerprint density at radius 2 is 1.79 bits per heavy atom. The van der Waals surface area contributed by atoms with E-state index in [1.807, 2.05) is 36.4 Å². The zero-order valence-electron chi connectivity index (χ0n) is 10.9. The monoisotopic (exact) mass is 297 g/mol. The molecule has 2 rings (SSSR count). The maximum Gasteiger partial charge on any atom is 0.149 e. The minimum atomic E-state index is -3.06. The first-order valence-corrected chi connectivity index (χ1v) is 8.38. The van der Waals surface area contributed by atoms with Crippen molar-refractivity contribution >= 4 is 32.2 Å². The summed E-state index contributed by atoms with van der Waals surface area (Å²) < 4.78 is 23.0. The zero-order chi connectivity index (χ0) is 14.0. The Morgan fingerprint density at radius 1 is 1.16 bits per heavy atom. The molecule has 2 aromatic rings. The number of rotatable bonds is 4. The second-order valence-electron chi connectivity index (χ2n) is 4.62. The highest BCUT2D eigenvalue weighted by Gasteiger charge is 2.18. The van der Waals surface area contributed by atoms with Gasteiger partial charge in [0.05, 0.1) is 5.75 Å². The van der Waals surface area contributed by atoms with Crippen LogP contribution >= 0.6 is 11.6 Å². The van der Waals surface area contributed by atoms with Gasteiger partial charge in [0.1, 0.15) is 9.84 Å². The maximum atomic E-state index is 11.5. The van der Waals surface area contributed by atoms with E-state index in [1.54, 1.807) is 7.05 Å². The van der Waals surface area contributed by atoms with E-state index in [1.165, 1.54) is 6.26 Å². The van der Waals surface area contributed by atoms with Crippen molar-refractivity contribution in [2.45, 2.75) is 6.04 Å². The van der Waals surface area contributed by atoms with Gasteiger partial charge < -0.3 is 5.32 Å². The van der Waals surface area contributed by atoms with Gasteiger partial charge in [0, 0.05) is 22.7 Å². The smallest absolute Gasteiger partial charge is 0.149 e. The lowest BCUT2D eigenvalue weighted by Gasteiger charge is -2.18. The molecular weight excluding hydrogens is 282 g/mol. The van der Waals surface area contributed by atoms with Gasteiger partial charge >= 0.3 is 0 Å². The van der Waals surface area contributed by atoms with Crippen molar-refractivity contribution in [3.05, 3.63) is 47.0 Å². The molecule has 1 atom stereocenters. The van der Waals surface area contributed by atoms with Gasteiger partial charge in [0.15, 0.2) is 0 Å². The molecule has 0 spiro atoms. The van der Waals surface area contributed by atoms with Gasteiger partial charge in [-0.3, -0.25) is 0 Å². The molecule has 0 radical (unpaired) electrons. The van der Waals surface area contributed by atoms with Crippen LogP contribution in [0.2, 0.25) is 5.02 Å². The largest absolute Gasteiger partial charge is 0.312 e. The van der Waals surface area contributed by atoms with Crippen molar-refractivity contribution < 1.29 is 8.42 Å². The molecule has 3 nitrogen and oxygen atoms in total. The van der Waals surface area contributed by atoms with Crippen LogP contribution in [0.1, 0.15) is 11.6 Å². The van der Waals surface area contributed by atoms with E-state index < -0.39 is 9.84 Å². The molecule has 0 aromatic heterocycles. The van der Waals surface area contributed by atoms with Gasteiger partial charge in [0.2, 0.25) is 0 Å². The molecule has 0 saturated carbocycles. The third kappa shape index (κ3) is 3.26. The molecule has 0 heterocycles. The Labute approximate surface area is 118 Å². The van der Waals surface area contributed by atoms with Crippen LogP contribution in [-0.2, 0) is 9.84 Å². The van der Waals surface area contributed by atoms with E-state index in [4.69, 9.17) is 11.6 Å². The summed E-state index contributed by atoms with van der Waals surface area (Å²) in [5.41, 5.74) is 0.952. The number of hydrogen-bond donors (Lipinski definition) is 1. The van der Waals surface area contributed by atoms with Crippen LogP contribution in [0.3, 0.4) is 0 Å². The van der Waals surface area contributed by atoms with E-state index >= 15 is 0 Å². The van der Waals surface area contributed by atoms with E-state index in [9.17, 15) is 8.42 Å². The number of benzene rings is 2. The summed E-state index contributed by atoms with van der Waals surface area (Å²) in [4.78, 5) is 0. The molecule has 0 bridgehead atoms. The second kappa shape index (κ2) is 5.49. The minimum Gasteiger partial charge on any atom is -0.312 e. The predicted octanol–water partition coefficient (Wildman–Crippen LogP) is 2.80. The fourth-order valence-electron chi connectivity index (χ4n) is 2.22. The van der Waals surface area contributed by atoms with Crippen LogP contribution in [0.15, 0.2) is 36.4 Å². The highest BCUT2D eigenvalue weighted by atomic mass is 35.5. The molecule has 0 amide bonds. The fraction of sp³-hybridized carbons (Fsp3) is 0.286. The molecule has 19 heavy (non-hydrogen) atoms. The Hall–Kier alpha value is -1.10. The van der Waals surface area contributed by atoms with Crippen molar-refractivity contribution in [1.29, 1.82) is 0 Å². The molecule has 102 valence electrons. The Kier molecular flexibility index (Phi) is 4.13. The number of sulfone groups is 1. The topological polar surface area (TPSA) is 46.2 Å². The lowest BCUT2D eigenvalue weighted by molar-refractivity contribution is 0.580. The molecule has 0 aliphatic heterocycles. The molecule has 1 unspecified atom stereocenters. The first-order valence-electron chi connectivity index (χ1n) is 5.94. The summed E-state index contributed by atoms with van der Waals surface area (Å²) in [6.45, 7) is 0. The molecule has 1 N–H and O–H groups in total. The highest BCUT2D eigenvalue weighted by Crippen LogP contribution is 2.30. The molecule has 0 saturated heterocycles. The predicted molar refractivity (Wildman–Crippen MR) is 80.5 cm³/mol. The number of hydrogen-bond acceptors (Lipinski definition) is 3. The van der Waals surface area contributed by atoms with Crippen molar-refractivity contribution in [3.63, 3.8) is 0 Å². The molecule has 5 heteroatoms. The van der Waals surface area contributed by atoms with E-state index in [0.717, 1.165) is 16.3 Å². The molecule has 0 fully saturated rings. The first-order chi connectivity index (χ1) is 8.92. The number of halogens is 1. The molecule has 0 aliphatic carbocycles. The zero-order valence-corrected chi connectivity index (χ0v) is 12.4. The van der Waals surface area contributed by atoms with Gasteiger partial charge in [-0.15, -0.1) is 0 Å². The summed E-state index contributed by atoms with van der Waals surface area (Å²) in [5, 5.41) is 5.66. The quantitative estimate of drug-likeness (QED) is 0.944. The Morgan fingerprint density at radius 3 is 2.37 bits per heavy atom. The van der Waals surface area contributed by atoms with Crippen LogP contribution < -0.4 is 5.32 Å². The Balaban J connectivity index is 2.58. The highest BCUT2D eigenvalue weighted by molar-refractivity contribution is 7.90. The summed E-state index contributed by atoms with van der Waals surface area (Å²) in [6.07, 6.45) is 1.25. The van der Waals surface area contributed by atoms with E-state index in [-0.39, 0.29) is 11.8 Å². The lowest BCUT2D eigenvalue weighted by atomic mass is 10.00. The second-order valence-corrected chi connectivity index (χ2v) is 7.21. The molecule has 0 aliphatic rings. The third-order valence-corrected chi connectivity index (χ3v) is 4.37. The first kappa shape index (κ1) is 14.3. The molecule has 2 aromatic carbocycles. The Bertz CT molecular complexity index is 698. The van der Waals surface area contributed by atoms with Gasteiger partial charge in [-0.25, -0.2) is 8.42 Å². The summed E-state index contributed by atoms with van der Waals surface area (Å²) in [5.74, 6) is 0.0646. The third-order valence-electron chi connectivity index (χ3n) is 3.10. The van der Waals surface area contributed by atoms with E-state index in [2.05, 4.69) is 5.32 Å². The van der Waals surface area contributed by atoms with Crippen molar-refractivity contribution in [2.75, 3.05) is 19.1 Å². The van der Waals surface area contributed by atoms with Gasteiger partial charge in [-0.05, 0) is 24.1 Å². The van der Waals surface area contributed by atoms with Crippen LogP contribution in [-0.4, -0.2) is 27.5 Å². The van der Waals surface area contributed by atoms with Gasteiger partial charge in [-0.2, -0.15) is 0 Å². The number of fused-ring (bicyclic) bond motifs is 1. The van der Waals surface area contributed by atoms with Crippen LogP contribution in [0.5, 0.6) is 0 Å². The number of nitrogens with one attached hydrogen (secondary N) is 1. The van der Waals surface area contributed by atoms with Crippen molar-refractivity contribution in [3.8, 4) is 0 Å². The van der Waals surface area contributed by atoms with E-state index in [0.29, 0.717) is 5.02 Å². The maximum absolute atomic E-state index is 11.5. The average Bonchev–Trinajstić information content (AvgIpc) is 2.36. The van der Waals surface area contributed by atoms with Crippen LogP contribution in [0.25, 0.3) is 10.8 Å². The summed E-state index contributed by atoms with van der Waals surface area (Å²) in [7, 11) is -1.29.